The van der Waals surface area contributed by atoms with Crippen molar-refractivity contribution < 1.29 is 4.74 Å². The highest BCUT2D eigenvalue weighted by molar-refractivity contribution is 6.32. The molecule has 0 saturated carbocycles. The maximum Gasteiger partial charge on any atom is 0.138 e. The second kappa shape index (κ2) is 7.48. The van der Waals surface area contributed by atoms with Gasteiger partial charge in [-0.2, -0.15) is 0 Å². The molecule has 0 radical (unpaired) electrons. The highest BCUT2D eigenvalue weighted by atomic mass is 35.5. The van der Waals surface area contributed by atoms with E-state index in [0.717, 1.165) is 17.9 Å². The quantitative estimate of drug-likeness (QED) is 0.813. The van der Waals surface area contributed by atoms with E-state index in [2.05, 4.69) is 36.5 Å². The lowest BCUT2D eigenvalue weighted by molar-refractivity contribution is 0.242. The van der Waals surface area contributed by atoms with Gasteiger partial charge in [-0.05, 0) is 44.0 Å². The van der Waals surface area contributed by atoms with Crippen LogP contribution in [0, 0.1) is 0 Å². The molecule has 2 rings (SSSR count). The summed E-state index contributed by atoms with van der Waals surface area (Å²) in [4.78, 5) is 0. The fourth-order valence-corrected chi connectivity index (χ4v) is 2.38. The Labute approximate surface area is 132 Å². The molecule has 0 fully saturated rings. The molecule has 2 nitrogen and oxygen atoms in total. The minimum atomic E-state index is 0.129. The molecule has 2 aromatic rings. The number of hydrogen-bond acceptors (Lipinski definition) is 2. The number of halogens is 1. The number of hydrogen-bond donors (Lipinski definition) is 1. The van der Waals surface area contributed by atoms with Crippen LogP contribution in [0.3, 0.4) is 0 Å². The van der Waals surface area contributed by atoms with E-state index in [1.807, 2.05) is 38.1 Å². The Morgan fingerprint density at radius 3 is 2.38 bits per heavy atom. The summed E-state index contributed by atoms with van der Waals surface area (Å²) >= 11 is 6.25. The summed E-state index contributed by atoms with van der Waals surface area (Å²) < 4.78 is 5.64. The van der Waals surface area contributed by atoms with Gasteiger partial charge in [-0.3, -0.25) is 0 Å². The van der Waals surface area contributed by atoms with Gasteiger partial charge in [0.15, 0.2) is 0 Å². The van der Waals surface area contributed by atoms with Gasteiger partial charge in [-0.15, -0.1) is 0 Å². The summed E-state index contributed by atoms with van der Waals surface area (Å²) in [5.74, 6) is 0.742. The molecule has 0 aliphatic carbocycles. The van der Waals surface area contributed by atoms with E-state index >= 15 is 0 Å². The van der Waals surface area contributed by atoms with Crippen LogP contribution in [0.4, 0.5) is 0 Å². The van der Waals surface area contributed by atoms with Gasteiger partial charge >= 0.3 is 0 Å². The van der Waals surface area contributed by atoms with Crippen molar-refractivity contribution in [3.8, 4) is 5.75 Å². The van der Waals surface area contributed by atoms with E-state index < -0.39 is 0 Å². The van der Waals surface area contributed by atoms with E-state index in [1.165, 1.54) is 5.56 Å². The van der Waals surface area contributed by atoms with E-state index in [0.29, 0.717) is 11.1 Å². The average molecular weight is 304 g/mol. The zero-order valence-electron chi connectivity index (χ0n) is 12.8. The van der Waals surface area contributed by atoms with Gasteiger partial charge in [0, 0.05) is 12.6 Å². The van der Waals surface area contributed by atoms with Crippen LogP contribution in [0.5, 0.6) is 5.75 Å². The Balaban J connectivity index is 1.96. The van der Waals surface area contributed by atoms with Crippen molar-refractivity contribution in [3.05, 3.63) is 64.7 Å². The van der Waals surface area contributed by atoms with E-state index in [1.54, 1.807) is 0 Å². The first-order valence-corrected chi connectivity index (χ1v) is 7.67. The van der Waals surface area contributed by atoms with Crippen molar-refractivity contribution in [2.75, 3.05) is 0 Å². The Morgan fingerprint density at radius 1 is 1.05 bits per heavy atom. The molecule has 0 bridgehead atoms. The number of rotatable bonds is 6. The van der Waals surface area contributed by atoms with Crippen LogP contribution < -0.4 is 10.1 Å². The Hall–Kier alpha value is -1.51. The molecule has 0 aromatic heterocycles. The highest BCUT2D eigenvalue weighted by Crippen LogP contribution is 2.26. The molecule has 3 heteroatoms. The van der Waals surface area contributed by atoms with Crippen LogP contribution in [0.25, 0.3) is 0 Å². The Kier molecular flexibility index (Phi) is 5.66. The summed E-state index contributed by atoms with van der Waals surface area (Å²) in [6.07, 6.45) is 0.129. The van der Waals surface area contributed by atoms with Gasteiger partial charge in [0.05, 0.1) is 11.1 Å². The smallest absolute Gasteiger partial charge is 0.138 e. The van der Waals surface area contributed by atoms with Crippen molar-refractivity contribution in [3.63, 3.8) is 0 Å². The third-order valence-electron chi connectivity index (χ3n) is 3.27. The molecule has 1 atom stereocenters. The fourth-order valence-electron chi connectivity index (χ4n) is 2.13. The second-order valence-electron chi connectivity index (χ2n) is 5.44. The second-order valence-corrected chi connectivity index (χ2v) is 5.85. The van der Waals surface area contributed by atoms with Crippen molar-refractivity contribution in [1.82, 2.24) is 5.32 Å². The van der Waals surface area contributed by atoms with Crippen LogP contribution in [-0.4, -0.2) is 6.10 Å². The molecule has 0 aliphatic rings. The first kappa shape index (κ1) is 15.9. The summed E-state index contributed by atoms with van der Waals surface area (Å²) in [5, 5.41) is 4.17. The van der Waals surface area contributed by atoms with Crippen LogP contribution >= 0.6 is 11.6 Å². The predicted octanol–water partition coefficient (Wildman–Crippen LogP) is 4.98. The lowest BCUT2D eigenvalue weighted by Crippen LogP contribution is -2.18. The summed E-state index contributed by atoms with van der Waals surface area (Å²) in [6.45, 7) is 6.92. The van der Waals surface area contributed by atoms with Gasteiger partial charge in [0.1, 0.15) is 5.75 Å². The molecule has 0 saturated heterocycles. The molecule has 1 N–H and O–H groups in total. The first-order chi connectivity index (χ1) is 10.1. The maximum absolute atomic E-state index is 6.25. The first-order valence-electron chi connectivity index (χ1n) is 7.29. The SMILES string of the molecule is CC(C)Oc1ccc(CN[C@@H](C)c2ccccc2)cc1Cl. The third-order valence-corrected chi connectivity index (χ3v) is 3.57. The summed E-state index contributed by atoms with van der Waals surface area (Å²) in [6, 6.07) is 16.7. The van der Waals surface area contributed by atoms with E-state index in [4.69, 9.17) is 16.3 Å². The number of ether oxygens (including phenoxy) is 1. The molecule has 0 unspecified atom stereocenters. The van der Waals surface area contributed by atoms with Crippen molar-refractivity contribution in [2.24, 2.45) is 0 Å². The molecule has 0 heterocycles. The average Bonchev–Trinajstić information content (AvgIpc) is 2.48. The minimum absolute atomic E-state index is 0.129. The van der Waals surface area contributed by atoms with Gasteiger partial charge in [-0.25, -0.2) is 0 Å². The fraction of sp³-hybridized carbons (Fsp3) is 0.333. The van der Waals surface area contributed by atoms with Crippen molar-refractivity contribution in [2.45, 2.75) is 39.5 Å². The lowest BCUT2D eigenvalue weighted by atomic mass is 10.1. The van der Waals surface area contributed by atoms with Crippen LogP contribution in [0.2, 0.25) is 5.02 Å². The largest absolute Gasteiger partial charge is 0.489 e. The minimum Gasteiger partial charge on any atom is -0.489 e. The normalized spacial score (nSPS) is 12.4. The Morgan fingerprint density at radius 2 is 1.76 bits per heavy atom. The van der Waals surface area contributed by atoms with Crippen LogP contribution in [0.15, 0.2) is 48.5 Å². The molecule has 0 spiro atoms. The molecule has 112 valence electrons. The third kappa shape index (κ3) is 4.76. The number of benzene rings is 2. The zero-order valence-corrected chi connectivity index (χ0v) is 13.5. The number of nitrogens with one attached hydrogen (secondary N) is 1. The zero-order chi connectivity index (χ0) is 15.2. The highest BCUT2D eigenvalue weighted by Gasteiger charge is 2.07. The maximum atomic E-state index is 6.25. The Bertz CT molecular complexity index is 569. The topological polar surface area (TPSA) is 21.3 Å². The van der Waals surface area contributed by atoms with Crippen LogP contribution in [-0.2, 0) is 6.54 Å². The van der Waals surface area contributed by atoms with Crippen LogP contribution in [0.1, 0.15) is 37.9 Å². The molecule has 2 aromatic carbocycles. The van der Waals surface area contributed by atoms with E-state index in [-0.39, 0.29) is 6.10 Å². The summed E-state index contributed by atoms with van der Waals surface area (Å²) in [5.41, 5.74) is 2.43. The molecule has 21 heavy (non-hydrogen) atoms. The van der Waals surface area contributed by atoms with Gasteiger partial charge in [0.25, 0.3) is 0 Å². The molecular formula is C18H22ClNO. The lowest BCUT2D eigenvalue weighted by Gasteiger charge is -2.15. The standard InChI is InChI=1S/C18H22ClNO/c1-13(2)21-18-10-9-15(11-17(18)19)12-20-14(3)16-7-5-4-6-8-16/h4-11,13-14,20H,12H2,1-3H3/t14-/m0/s1. The van der Waals surface area contributed by atoms with Gasteiger partial charge in [0.2, 0.25) is 0 Å². The molecule has 0 aliphatic heterocycles. The predicted molar refractivity (Wildman–Crippen MR) is 88.9 cm³/mol. The van der Waals surface area contributed by atoms with E-state index in [9.17, 15) is 0 Å². The molecule has 0 amide bonds. The van der Waals surface area contributed by atoms with Crippen molar-refractivity contribution in [1.29, 1.82) is 0 Å². The summed E-state index contributed by atoms with van der Waals surface area (Å²) in [7, 11) is 0. The molecular weight excluding hydrogens is 282 g/mol. The van der Waals surface area contributed by atoms with Crippen molar-refractivity contribution >= 4 is 11.6 Å². The van der Waals surface area contributed by atoms with Gasteiger partial charge < -0.3 is 10.1 Å². The monoisotopic (exact) mass is 303 g/mol. The van der Waals surface area contributed by atoms with Gasteiger partial charge in [-0.1, -0.05) is 48.0 Å².